The Balaban J connectivity index is 2.28. The van der Waals surface area contributed by atoms with Crippen molar-refractivity contribution in [1.82, 2.24) is 4.98 Å². The number of nitrogens with zero attached hydrogens (tertiary/aromatic N) is 2. The Morgan fingerprint density at radius 1 is 0.741 bits per heavy atom. The maximum atomic E-state index is 5.62. The largest absolute Gasteiger partial charge is 0.493 e. The zero-order valence-electron chi connectivity index (χ0n) is 16.5. The number of pyridine rings is 1. The fraction of sp³-hybridized carbons (Fsp3) is 0.286. The van der Waals surface area contributed by atoms with Gasteiger partial charge in [0.05, 0.1) is 39.5 Å². The van der Waals surface area contributed by atoms with Crippen molar-refractivity contribution in [2.24, 2.45) is 0 Å². The molecule has 3 aromatic rings. The molecule has 0 amide bonds. The molecule has 6 heteroatoms. The Bertz CT molecular complexity index is 970. The third-order valence-electron chi connectivity index (χ3n) is 4.42. The van der Waals surface area contributed by atoms with Crippen molar-refractivity contribution < 1.29 is 18.9 Å². The number of hydrogen-bond acceptors (Lipinski definition) is 6. The van der Waals surface area contributed by atoms with E-state index in [0.717, 1.165) is 27.8 Å². The third kappa shape index (κ3) is 3.30. The number of ether oxygens (including phenoxy) is 4. The van der Waals surface area contributed by atoms with E-state index in [1.165, 1.54) is 0 Å². The van der Waals surface area contributed by atoms with Gasteiger partial charge in [-0.05, 0) is 35.7 Å². The molecule has 0 N–H and O–H groups in total. The Kier molecular flexibility index (Phi) is 5.26. The summed E-state index contributed by atoms with van der Waals surface area (Å²) in [5.41, 5.74) is 1.77. The Morgan fingerprint density at radius 2 is 1.41 bits per heavy atom. The molecule has 6 nitrogen and oxygen atoms in total. The highest BCUT2D eigenvalue weighted by atomic mass is 16.5. The van der Waals surface area contributed by atoms with Crippen molar-refractivity contribution in [2.45, 2.75) is 0 Å². The summed E-state index contributed by atoms with van der Waals surface area (Å²) in [4.78, 5) is 6.85. The van der Waals surface area contributed by atoms with E-state index in [1.807, 2.05) is 55.4 Å². The molecule has 142 valence electrons. The van der Waals surface area contributed by atoms with Crippen LogP contribution in [0.25, 0.3) is 22.0 Å². The quantitative estimate of drug-likeness (QED) is 0.655. The average molecular weight is 368 g/mol. The number of benzene rings is 2. The van der Waals surface area contributed by atoms with Crippen LogP contribution in [0.5, 0.6) is 23.0 Å². The normalized spacial score (nSPS) is 10.6. The topological polar surface area (TPSA) is 53.0 Å². The Morgan fingerprint density at radius 3 is 2.00 bits per heavy atom. The average Bonchev–Trinajstić information content (AvgIpc) is 2.71. The van der Waals surface area contributed by atoms with Gasteiger partial charge in [0.2, 0.25) is 0 Å². The number of anilines is 1. The number of aromatic nitrogens is 1. The molecule has 0 aliphatic carbocycles. The fourth-order valence-corrected chi connectivity index (χ4v) is 3.11. The van der Waals surface area contributed by atoms with Gasteiger partial charge in [0.1, 0.15) is 5.82 Å². The van der Waals surface area contributed by atoms with Gasteiger partial charge in [0, 0.05) is 19.7 Å². The molecular formula is C21H24N2O4. The van der Waals surface area contributed by atoms with Gasteiger partial charge in [-0.1, -0.05) is 6.07 Å². The molecule has 2 aromatic carbocycles. The van der Waals surface area contributed by atoms with Gasteiger partial charge in [-0.3, -0.25) is 0 Å². The Labute approximate surface area is 159 Å². The minimum atomic E-state index is 0.663. The SMILES string of the molecule is COc1ccc(-c2cc3ccc(OC)c(OC)c3c(N(C)C)n2)cc1OC. The van der Waals surface area contributed by atoms with Crippen LogP contribution in [0, 0.1) is 0 Å². The molecule has 0 unspecified atom stereocenters. The maximum Gasteiger partial charge on any atom is 0.172 e. The minimum Gasteiger partial charge on any atom is -0.493 e. The first-order chi connectivity index (χ1) is 13.0. The van der Waals surface area contributed by atoms with E-state index in [1.54, 1.807) is 28.4 Å². The van der Waals surface area contributed by atoms with E-state index in [0.29, 0.717) is 23.0 Å². The first kappa shape index (κ1) is 18.6. The van der Waals surface area contributed by atoms with E-state index in [2.05, 4.69) is 0 Å². The van der Waals surface area contributed by atoms with E-state index in [9.17, 15) is 0 Å². The van der Waals surface area contributed by atoms with Crippen LogP contribution in [0.2, 0.25) is 0 Å². The third-order valence-corrected chi connectivity index (χ3v) is 4.42. The second kappa shape index (κ2) is 7.61. The van der Waals surface area contributed by atoms with Crippen LogP contribution in [-0.2, 0) is 0 Å². The number of methoxy groups -OCH3 is 4. The van der Waals surface area contributed by atoms with Crippen LogP contribution < -0.4 is 23.8 Å². The molecule has 0 aliphatic heterocycles. The first-order valence-electron chi connectivity index (χ1n) is 8.49. The molecule has 0 bridgehead atoms. The number of fused-ring (bicyclic) bond motifs is 1. The summed E-state index contributed by atoms with van der Waals surface area (Å²) >= 11 is 0. The van der Waals surface area contributed by atoms with Gasteiger partial charge >= 0.3 is 0 Å². The summed E-state index contributed by atoms with van der Waals surface area (Å²) in [5, 5.41) is 1.92. The van der Waals surface area contributed by atoms with E-state index < -0.39 is 0 Å². The number of hydrogen-bond donors (Lipinski definition) is 0. The summed E-state index contributed by atoms with van der Waals surface area (Å²) < 4.78 is 21.8. The molecule has 0 fully saturated rings. The van der Waals surface area contributed by atoms with E-state index in [-0.39, 0.29) is 0 Å². The predicted octanol–water partition coefficient (Wildman–Crippen LogP) is 4.00. The first-order valence-corrected chi connectivity index (χ1v) is 8.49. The van der Waals surface area contributed by atoms with Gasteiger partial charge in [0.15, 0.2) is 23.0 Å². The number of rotatable bonds is 6. The van der Waals surface area contributed by atoms with Gasteiger partial charge in [-0.15, -0.1) is 0 Å². The standard InChI is InChI=1S/C21H24N2O4/c1-23(2)21-19-14(8-10-17(25-4)20(19)27-6)11-15(22-21)13-7-9-16(24-3)18(12-13)26-5/h7-12H,1-6H3. The summed E-state index contributed by atoms with van der Waals surface area (Å²) in [6.45, 7) is 0. The summed E-state index contributed by atoms with van der Waals surface area (Å²) in [6.07, 6.45) is 0. The second-order valence-corrected chi connectivity index (χ2v) is 6.19. The molecule has 1 heterocycles. The summed E-state index contributed by atoms with van der Waals surface area (Å²) in [5.74, 6) is 3.49. The molecule has 0 saturated carbocycles. The fourth-order valence-electron chi connectivity index (χ4n) is 3.11. The van der Waals surface area contributed by atoms with Crippen molar-refractivity contribution in [3.05, 3.63) is 36.4 Å². The van der Waals surface area contributed by atoms with Gasteiger partial charge in [-0.25, -0.2) is 4.98 Å². The van der Waals surface area contributed by atoms with Crippen LogP contribution in [0.3, 0.4) is 0 Å². The second-order valence-electron chi connectivity index (χ2n) is 6.19. The highest BCUT2D eigenvalue weighted by molar-refractivity contribution is 6.01. The molecule has 0 aliphatic rings. The van der Waals surface area contributed by atoms with Crippen molar-refractivity contribution in [3.8, 4) is 34.3 Å². The molecule has 0 spiro atoms. The van der Waals surface area contributed by atoms with E-state index >= 15 is 0 Å². The van der Waals surface area contributed by atoms with Crippen LogP contribution in [-0.4, -0.2) is 47.5 Å². The van der Waals surface area contributed by atoms with Gasteiger partial charge in [-0.2, -0.15) is 0 Å². The van der Waals surface area contributed by atoms with Crippen molar-refractivity contribution in [1.29, 1.82) is 0 Å². The zero-order chi connectivity index (χ0) is 19.6. The van der Waals surface area contributed by atoms with Gasteiger partial charge < -0.3 is 23.8 Å². The Hall–Kier alpha value is -3.15. The summed E-state index contributed by atoms with van der Waals surface area (Å²) in [6, 6.07) is 11.7. The predicted molar refractivity (Wildman–Crippen MR) is 108 cm³/mol. The van der Waals surface area contributed by atoms with Crippen molar-refractivity contribution in [2.75, 3.05) is 47.4 Å². The highest BCUT2D eigenvalue weighted by Gasteiger charge is 2.18. The zero-order valence-corrected chi connectivity index (χ0v) is 16.5. The van der Waals surface area contributed by atoms with Crippen molar-refractivity contribution >= 4 is 16.6 Å². The molecule has 3 rings (SSSR count). The lowest BCUT2D eigenvalue weighted by atomic mass is 10.0. The van der Waals surface area contributed by atoms with Crippen LogP contribution in [0.1, 0.15) is 0 Å². The molecule has 27 heavy (non-hydrogen) atoms. The van der Waals surface area contributed by atoms with E-state index in [4.69, 9.17) is 23.9 Å². The highest BCUT2D eigenvalue weighted by Crippen LogP contribution is 2.42. The molecular weight excluding hydrogens is 344 g/mol. The lowest BCUT2D eigenvalue weighted by Crippen LogP contribution is -2.12. The molecule has 1 aromatic heterocycles. The molecule has 0 radical (unpaired) electrons. The van der Waals surface area contributed by atoms with Crippen LogP contribution >= 0.6 is 0 Å². The van der Waals surface area contributed by atoms with Crippen LogP contribution in [0.4, 0.5) is 5.82 Å². The van der Waals surface area contributed by atoms with Crippen LogP contribution in [0.15, 0.2) is 36.4 Å². The molecule has 0 atom stereocenters. The monoisotopic (exact) mass is 368 g/mol. The lowest BCUT2D eigenvalue weighted by Gasteiger charge is -2.19. The lowest BCUT2D eigenvalue weighted by molar-refractivity contribution is 0.355. The smallest absolute Gasteiger partial charge is 0.172 e. The van der Waals surface area contributed by atoms with Gasteiger partial charge in [0.25, 0.3) is 0 Å². The maximum absolute atomic E-state index is 5.62. The molecule has 0 saturated heterocycles. The minimum absolute atomic E-state index is 0.663. The summed E-state index contributed by atoms with van der Waals surface area (Å²) in [7, 11) is 10.4. The van der Waals surface area contributed by atoms with Crippen molar-refractivity contribution in [3.63, 3.8) is 0 Å².